The highest BCUT2D eigenvalue weighted by molar-refractivity contribution is 7.89. The lowest BCUT2D eigenvalue weighted by atomic mass is 10.00. The normalized spacial score (nSPS) is 20.5. The summed E-state index contributed by atoms with van der Waals surface area (Å²) in [4.78, 5) is 15.6. The summed E-state index contributed by atoms with van der Waals surface area (Å²) in [6.07, 6.45) is 3.93. The van der Waals surface area contributed by atoms with Crippen LogP contribution >= 0.6 is 0 Å². The first-order valence-electron chi connectivity index (χ1n) is 11.1. The third-order valence-electron chi connectivity index (χ3n) is 6.20. The Balaban J connectivity index is 1.62. The van der Waals surface area contributed by atoms with E-state index in [2.05, 4.69) is 0 Å². The Kier molecular flexibility index (Phi) is 7.13. The summed E-state index contributed by atoms with van der Waals surface area (Å²) in [5.41, 5.74) is 1.47. The zero-order valence-corrected chi connectivity index (χ0v) is 19.2. The van der Waals surface area contributed by atoms with Crippen LogP contribution < -0.4 is 4.74 Å². The maximum atomic E-state index is 13.6. The summed E-state index contributed by atoms with van der Waals surface area (Å²) in [6.45, 7) is 2.07. The molecule has 2 aromatic rings. The molecule has 2 aliphatic heterocycles. The highest BCUT2D eigenvalue weighted by Crippen LogP contribution is 2.32. The second kappa shape index (κ2) is 10.0. The fourth-order valence-corrected chi connectivity index (χ4v) is 5.87. The quantitative estimate of drug-likeness (QED) is 0.686. The van der Waals surface area contributed by atoms with Gasteiger partial charge in [-0.2, -0.15) is 4.31 Å². The molecule has 0 aliphatic carbocycles. The third kappa shape index (κ3) is 4.82. The molecule has 172 valence electrons. The van der Waals surface area contributed by atoms with Crippen molar-refractivity contribution in [3.05, 3.63) is 59.7 Å². The Morgan fingerprint density at radius 3 is 2.47 bits per heavy atom. The number of likely N-dealkylation sites (tertiary alicyclic amines) is 1. The Hall–Kier alpha value is -2.42. The van der Waals surface area contributed by atoms with E-state index >= 15 is 0 Å². The molecule has 2 saturated heterocycles. The highest BCUT2D eigenvalue weighted by Gasteiger charge is 2.30. The third-order valence-corrected chi connectivity index (χ3v) is 8.10. The van der Waals surface area contributed by atoms with E-state index in [1.807, 2.05) is 29.2 Å². The first kappa shape index (κ1) is 22.8. The van der Waals surface area contributed by atoms with Crippen molar-refractivity contribution in [3.63, 3.8) is 0 Å². The second-order valence-electron chi connectivity index (χ2n) is 8.18. The van der Waals surface area contributed by atoms with E-state index in [0.29, 0.717) is 38.4 Å². The van der Waals surface area contributed by atoms with E-state index in [1.165, 1.54) is 10.4 Å². The Bertz CT molecular complexity index is 1030. The van der Waals surface area contributed by atoms with Crippen molar-refractivity contribution in [1.82, 2.24) is 9.21 Å². The van der Waals surface area contributed by atoms with Gasteiger partial charge in [0.25, 0.3) is 5.91 Å². The minimum absolute atomic E-state index is 0.0459. The van der Waals surface area contributed by atoms with Crippen LogP contribution in [0.1, 0.15) is 47.6 Å². The van der Waals surface area contributed by atoms with Crippen LogP contribution in [-0.4, -0.2) is 63.5 Å². The van der Waals surface area contributed by atoms with Crippen molar-refractivity contribution in [2.45, 2.75) is 36.6 Å². The number of rotatable bonds is 5. The van der Waals surface area contributed by atoms with E-state index in [4.69, 9.17) is 9.47 Å². The van der Waals surface area contributed by atoms with E-state index in [0.717, 1.165) is 37.0 Å². The largest absolute Gasteiger partial charge is 0.497 e. The number of carbonyl (C=O) groups excluding carboxylic acids is 1. The molecule has 0 N–H and O–H groups in total. The van der Waals surface area contributed by atoms with Crippen LogP contribution in [0, 0.1) is 0 Å². The Labute approximate surface area is 190 Å². The number of hydrogen-bond acceptors (Lipinski definition) is 5. The van der Waals surface area contributed by atoms with Crippen LogP contribution in [0.2, 0.25) is 0 Å². The predicted octanol–water partition coefficient (Wildman–Crippen LogP) is 3.47. The number of ether oxygens (including phenoxy) is 2. The van der Waals surface area contributed by atoms with Crippen molar-refractivity contribution in [2.24, 2.45) is 0 Å². The summed E-state index contributed by atoms with van der Waals surface area (Å²) >= 11 is 0. The van der Waals surface area contributed by atoms with E-state index in [-0.39, 0.29) is 16.8 Å². The maximum Gasteiger partial charge on any atom is 0.254 e. The van der Waals surface area contributed by atoms with Crippen LogP contribution in [0.3, 0.4) is 0 Å². The lowest BCUT2D eigenvalue weighted by Crippen LogP contribution is -2.40. The molecule has 4 rings (SSSR count). The van der Waals surface area contributed by atoms with Gasteiger partial charge in [-0.05, 0) is 48.7 Å². The van der Waals surface area contributed by atoms with Gasteiger partial charge in [0.2, 0.25) is 10.0 Å². The smallest absolute Gasteiger partial charge is 0.254 e. The molecule has 0 bridgehead atoms. The average Bonchev–Trinajstić information content (AvgIpc) is 3.10. The number of methoxy groups -OCH3 is 1. The zero-order chi connectivity index (χ0) is 22.6. The van der Waals surface area contributed by atoms with Crippen molar-refractivity contribution < 1.29 is 22.7 Å². The number of carbonyl (C=O) groups is 1. The number of sulfonamides is 1. The molecule has 0 radical (unpaired) electrons. The molecule has 2 aromatic carbocycles. The summed E-state index contributed by atoms with van der Waals surface area (Å²) in [7, 11) is -2.03. The van der Waals surface area contributed by atoms with Gasteiger partial charge in [0, 0.05) is 25.2 Å². The molecule has 0 spiro atoms. The molecular weight excluding hydrogens is 428 g/mol. The molecule has 2 fully saturated rings. The standard InChI is InChI=1S/C24H30N2O5S/c1-30-21-11-9-19(10-12-21)23-8-3-2-4-13-26(23)24(27)20-6-5-7-22(18-20)32(28,29)25-14-16-31-17-15-25/h5-7,9-12,18,23H,2-4,8,13-17H2,1H3/t23-/m1/s1. The summed E-state index contributed by atoms with van der Waals surface area (Å²) < 4.78 is 38.1. The number of morpholine rings is 1. The molecule has 1 amide bonds. The first-order chi connectivity index (χ1) is 15.5. The highest BCUT2D eigenvalue weighted by atomic mass is 32.2. The molecule has 0 aromatic heterocycles. The van der Waals surface area contributed by atoms with Gasteiger partial charge >= 0.3 is 0 Å². The van der Waals surface area contributed by atoms with Crippen molar-refractivity contribution in [1.29, 1.82) is 0 Å². The molecule has 0 unspecified atom stereocenters. The summed E-state index contributed by atoms with van der Waals surface area (Å²) in [5, 5.41) is 0. The SMILES string of the molecule is COc1ccc([C@H]2CCCCCN2C(=O)c2cccc(S(=O)(=O)N3CCOCC3)c2)cc1. The fraction of sp³-hybridized carbons (Fsp3) is 0.458. The molecule has 7 nitrogen and oxygen atoms in total. The van der Waals surface area contributed by atoms with Crippen LogP contribution in [0.25, 0.3) is 0 Å². The molecule has 2 heterocycles. The van der Waals surface area contributed by atoms with Gasteiger partial charge in [-0.15, -0.1) is 0 Å². The van der Waals surface area contributed by atoms with Crippen molar-refractivity contribution in [2.75, 3.05) is 40.0 Å². The van der Waals surface area contributed by atoms with Crippen molar-refractivity contribution >= 4 is 15.9 Å². The van der Waals surface area contributed by atoms with Gasteiger partial charge in [0.1, 0.15) is 5.75 Å². The molecule has 0 saturated carbocycles. The van der Waals surface area contributed by atoms with Crippen LogP contribution in [-0.2, 0) is 14.8 Å². The lowest BCUT2D eigenvalue weighted by molar-refractivity contribution is 0.0680. The van der Waals surface area contributed by atoms with Gasteiger partial charge < -0.3 is 14.4 Å². The van der Waals surface area contributed by atoms with Gasteiger partial charge in [0.15, 0.2) is 0 Å². The second-order valence-corrected chi connectivity index (χ2v) is 10.1. The molecule has 8 heteroatoms. The monoisotopic (exact) mass is 458 g/mol. The fourth-order valence-electron chi connectivity index (χ4n) is 4.42. The topological polar surface area (TPSA) is 76.2 Å². The van der Waals surface area contributed by atoms with Crippen molar-refractivity contribution in [3.8, 4) is 5.75 Å². The van der Waals surface area contributed by atoms with E-state index < -0.39 is 10.0 Å². The van der Waals surface area contributed by atoms with E-state index in [9.17, 15) is 13.2 Å². The average molecular weight is 459 g/mol. The minimum atomic E-state index is -3.66. The van der Waals surface area contributed by atoms with Crippen LogP contribution in [0.15, 0.2) is 53.4 Å². The van der Waals surface area contributed by atoms with Crippen LogP contribution in [0.4, 0.5) is 0 Å². The summed E-state index contributed by atoms with van der Waals surface area (Å²) in [6, 6.07) is 14.2. The van der Waals surface area contributed by atoms with E-state index in [1.54, 1.807) is 25.3 Å². The van der Waals surface area contributed by atoms with Gasteiger partial charge in [-0.3, -0.25) is 4.79 Å². The first-order valence-corrected chi connectivity index (χ1v) is 12.6. The molecular formula is C24H30N2O5S. The Morgan fingerprint density at radius 1 is 1.00 bits per heavy atom. The lowest BCUT2D eigenvalue weighted by Gasteiger charge is -2.31. The number of hydrogen-bond donors (Lipinski definition) is 0. The van der Waals surface area contributed by atoms with Gasteiger partial charge in [0.05, 0.1) is 31.3 Å². The zero-order valence-electron chi connectivity index (χ0n) is 18.4. The molecule has 1 atom stereocenters. The Morgan fingerprint density at radius 2 is 1.75 bits per heavy atom. The maximum absolute atomic E-state index is 13.6. The number of nitrogens with zero attached hydrogens (tertiary/aromatic N) is 2. The predicted molar refractivity (Wildman–Crippen MR) is 121 cm³/mol. The minimum Gasteiger partial charge on any atom is -0.497 e. The number of benzene rings is 2. The molecule has 32 heavy (non-hydrogen) atoms. The van der Waals surface area contributed by atoms with Gasteiger partial charge in [-0.25, -0.2) is 8.42 Å². The summed E-state index contributed by atoms with van der Waals surface area (Å²) in [5.74, 6) is 0.646. The number of amides is 1. The van der Waals surface area contributed by atoms with Crippen LogP contribution in [0.5, 0.6) is 5.75 Å². The van der Waals surface area contributed by atoms with Gasteiger partial charge in [-0.1, -0.05) is 31.0 Å². The molecule has 2 aliphatic rings.